The van der Waals surface area contributed by atoms with Gasteiger partial charge in [0.1, 0.15) is 11.8 Å². The molecule has 0 bridgehead atoms. The lowest BCUT2D eigenvalue weighted by molar-refractivity contribution is -0.141. The lowest BCUT2D eigenvalue weighted by atomic mass is 10.0. The highest BCUT2D eigenvalue weighted by molar-refractivity contribution is 7.12. The molecule has 1 aliphatic rings. The summed E-state index contributed by atoms with van der Waals surface area (Å²) in [5, 5.41) is 7.46. The van der Waals surface area contributed by atoms with Crippen LogP contribution in [0.4, 0.5) is 0 Å². The average Bonchev–Trinajstić information content (AvgIpc) is 3.73. The van der Waals surface area contributed by atoms with E-state index in [0.717, 1.165) is 12.8 Å². The summed E-state index contributed by atoms with van der Waals surface area (Å²) < 4.78 is 22.1. The van der Waals surface area contributed by atoms with Crippen LogP contribution in [0.25, 0.3) is 0 Å². The molecule has 0 unspecified atom stereocenters. The lowest BCUT2D eigenvalue weighted by Gasteiger charge is -2.32. The second-order valence-electron chi connectivity index (χ2n) is 9.39. The third kappa shape index (κ3) is 7.56. The summed E-state index contributed by atoms with van der Waals surface area (Å²) in [4.78, 5) is 42.4. The average molecular weight is 582 g/mol. The molecule has 0 aliphatic carbocycles. The lowest BCUT2D eigenvalue weighted by Crippen LogP contribution is -2.48. The summed E-state index contributed by atoms with van der Waals surface area (Å²) in [5.41, 5.74) is 1.21. The molecule has 10 nitrogen and oxygen atoms in total. The normalized spacial score (nSPS) is 15.0. The van der Waals surface area contributed by atoms with Gasteiger partial charge in [-0.25, -0.2) is 0 Å². The van der Waals surface area contributed by atoms with Crippen molar-refractivity contribution >= 4 is 29.1 Å². The van der Waals surface area contributed by atoms with Crippen LogP contribution in [-0.4, -0.2) is 69.8 Å². The van der Waals surface area contributed by atoms with Crippen LogP contribution in [0.1, 0.15) is 39.7 Å². The summed E-state index contributed by atoms with van der Waals surface area (Å²) in [6.07, 6.45) is 1.69. The zero-order chi connectivity index (χ0) is 29.2. The summed E-state index contributed by atoms with van der Waals surface area (Å²) in [6, 6.07) is 14.8. The molecule has 0 radical (unpaired) electrons. The Morgan fingerprint density at radius 1 is 0.976 bits per heavy atom. The molecule has 1 saturated heterocycles. The summed E-state index contributed by atoms with van der Waals surface area (Å²) in [7, 11) is 4.58. The van der Waals surface area contributed by atoms with E-state index in [1.165, 1.54) is 30.5 Å². The fourth-order valence-electron chi connectivity index (χ4n) is 4.71. The standard InChI is InChI=1S/C30H35N3O7S/c1-37-23-10-5-4-8-21(23)19-33(27(34)18-32-29(35)26-11-7-15-41-26)28(30(36)31-17-22-9-6-14-40-22)20-12-13-24(38-2)25(16-20)39-3/h4-5,7-8,10-13,15-16,22,28H,6,9,14,17-19H2,1-3H3,(H,31,36)(H,32,35)/t22-,28-/m1/s1. The number of carbonyl (C=O) groups is 3. The predicted octanol–water partition coefficient (Wildman–Crippen LogP) is 3.57. The highest BCUT2D eigenvalue weighted by Crippen LogP contribution is 2.34. The molecule has 41 heavy (non-hydrogen) atoms. The van der Waals surface area contributed by atoms with Crippen LogP contribution in [-0.2, 0) is 20.9 Å². The Kier molecular flexibility index (Phi) is 10.6. The summed E-state index contributed by atoms with van der Waals surface area (Å²) in [6.45, 7) is 0.704. The highest BCUT2D eigenvalue weighted by Gasteiger charge is 2.33. The number of thiophene rings is 1. The van der Waals surface area contributed by atoms with Crippen LogP contribution in [0.2, 0.25) is 0 Å². The molecular formula is C30H35N3O7S. The van der Waals surface area contributed by atoms with Gasteiger partial charge in [0, 0.05) is 18.7 Å². The molecule has 2 atom stereocenters. The van der Waals surface area contributed by atoms with Gasteiger partial charge in [-0.3, -0.25) is 14.4 Å². The smallest absolute Gasteiger partial charge is 0.261 e. The number of ether oxygens (including phenoxy) is 4. The van der Waals surface area contributed by atoms with Gasteiger partial charge in [-0.15, -0.1) is 11.3 Å². The van der Waals surface area contributed by atoms with Gasteiger partial charge in [-0.2, -0.15) is 0 Å². The van der Waals surface area contributed by atoms with E-state index in [2.05, 4.69) is 10.6 Å². The fourth-order valence-corrected chi connectivity index (χ4v) is 5.35. The molecular weight excluding hydrogens is 546 g/mol. The monoisotopic (exact) mass is 581 g/mol. The van der Waals surface area contributed by atoms with Gasteiger partial charge in [-0.1, -0.05) is 30.3 Å². The Morgan fingerprint density at radius 3 is 2.44 bits per heavy atom. The minimum absolute atomic E-state index is 0.0457. The molecule has 2 aromatic carbocycles. The van der Waals surface area contributed by atoms with Crippen LogP contribution >= 0.6 is 11.3 Å². The van der Waals surface area contributed by atoms with Gasteiger partial charge >= 0.3 is 0 Å². The second-order valence-corrected chi connectivity index (χ2v) is 10.3. The van der Waals surface area contributed by atoms with Gasteiger partial charge in [0.15, 0.2) is 11.5 Å². The zero-order valence-electron chi connectivity index (χ0n) is 23.4. The van der Waals surface area contributed by atoms with Crippen molar-refractivity contribution in [2.75, 3.05) is 41.0 Å². The number of hydrogen-bond donors (Lipinski definition) is 2. The molecule has 218 valence electrons. The molecule has 2 N–H and O–H groups in total. The summed E-state index contributed by atoms with van der Waals surface area (Å²) in [5.74, 6) is 0.265. The van der Waals surface area contributed by atoms with Crippen LogP contribution in [0, 0.1) is 0 Å². The van der Waals surface area contributed by atoms with Crippen molar-refractivity contribution in [3.05, 3.63) is 76.0 Å². The maximum absolute atomic E-state index is 13.9. The third-order valence-electron chi connectivity index (χ3n) is 6.81. The van der Waals surface area contributed by atoms with Gasteiger partial charge in [0.25, 0.3) is 5.91 Å². The van der Waals surface area contributed by atoms with Gasteiger partial charge in [-0.05, 0) is 48.1 Å². The Hall–Kier alpha value is -4.09. The van der Waals surface area contributed by atoms with Crippen LogP contribution < -0.4 is 24.8 Å². The first-order valence-electron chi connectivity index (χ1n) is 13.3. The van der Waals surface area contributed by atoms with Crippen molar-refractivity contribution in [3.63, 3.8) is 0 Å². The maximum atomic E-state index is 13.9. The van der Waals surface area contributed by atoms with Crippen molar-refractivity contribution in [1.29, 1.82) is 0 Å². The SMILES string of the molecule is COc1ccccc1CN(C(=O)CNC(=O)c1cccs1)[C@@H](C(=O)NC[C@H]1CCCO1)c1ccc(OC)c(OC)c1. The van der Waals surface area contributed by atoms with E-state index < -0.39 is 11.9 Å². The molecule has 3 amide bonds. The number of nitrogens with zero attached hydrogens (tertiary/aromatic N) is 1. The predicted molar refractivity (Wildman–Crippen MR) is 154 cm³/mol. The zero-order valence-corrected chi connectivity index (χ0v) is 24.2. The Morgan fingerprint density at radius 2 is 1.76 bits per heavy atom. The number of para-hydroxylation sites is 1. The van der Waals surface area contributed by atoms with Crippen molar-refractivity contribution < 1.29 is 33.3 Å². The third-order valence-corrected chi connectivity index (χ3v) is 7.68. The molecule has 2 heterocycles. The molecule has 4 rings (SSSR count). The number of amides is 3. The first-order chi connectivity index (χ1) is 19.9. The number of hydrogen-bond acceptors (Lipinski definition) is 8. The number of methoxy groups -OCH3 is 3. The Bertz CT molecular complexity index is 1330. The Balaban J connectivity index is 1.70. The van der Waals surface area contributed by atoms with E-state index in [4.69, 9.17) is 18.9 Å². The van der Waals surface area contributed by atoms with E-state index in [9.17, 15) is 14.4 Å². The van der Waals surface area contributed by atoms with Crippen molar-refractivity contribution in [1.82, 2.24) is 15.5 Å². The van der Waals surface area contributed by atoms with E-state index >= 15 is 0 Å². The molecule has 11 heteroatoms. The molecule has 3 aromatic rings. The first-order valence-corrected chi connectivity index (χ1v) is 14.2. The quantitative estimate of drug-likeness (QED) is 0.317. The minimum Gasteiger partial charge on any atom is -0.496 e. The van der Waals surface area contributed by atoms with Crippen LogP contribution in [0.15, 0.2) is 60.0 Å². The minimum atomic E-state index is -1.06. The van der Waals surface area contributed by atoms with Crippen molar-refractivity contribution in [2.24, 2.45) is 0 Å². The molecule has 1 aliphatic heterocycles. The molecule has 1 aromatic heterocycles. The van der Waals surface area contributed by atoms with Gasteiger partial charge < -0.3 is 34.5 Å². The first kappa shape index (κ1) is 29.9. The van der Waals surface area contributed by atoms with Crippen LogP contribution in [0.5, 0.6) is 17.2 Å². The van der Waals surface area contributed by atoms with Crippen LogP contribution in [0.3, 0.4) is 0 Å². The molecule has 0 saturated carbocycles. The molecule has 1 fully saturated rings. The maximum Gasteiger partial charge on any atom is 0.261 e. The van der Waals surface area contributed by atoms with Crippen molar-refractivity contribution in [2.45, 2.75) is 31.5 Å². The Labute approximate surface area is 243 Å². The van der Waals surface area contributed by atoms with E-state index in [1.807, 2.05) is 18.2 Å². The second kappa shape index (κ2) is 14.5. The van der Waals surface area contributed by atoms with Crippen molar-refractivity contribution in [3.8, 4) is 17.2 Å². The number of nitrogens with one attached hydrogen (secondary N) is 2. The van der Waals surface area contributed by atoms with E-state index in [-0.39, 0.29) is 31.0 Å². The molecule has 0 spiro atoms. The van der Waals surface area contributed by atoms with Gasteiger partial charge in [0.2, 0.25) is 11.8 Å². The van der Waals surface area contributed by atoms with E-state index in [0.29, 0.717) is 46.4 Å². The largest absolute Gasteiger partial charge is 0.496 e. The fraction of sp³-hybridized carbons (Fsp3) is 0.367. The number of carbonyl (C=O) groups excluding carboxylic acids is 3. The topological polar surface area (TPSA) is 115 Å². The summed E-state index contributed by atoms with van der Waals surface area (Å²) >= 11 is 1.28. The highest BCUT2D eigenvalue weighted by atomic mass is 32.1. The van der Waals surface area contributed by atoms with E-state index in [1.54, 1.807) is 48.9 Å². The number of rotatable bonds is 13. The van der Waals surface area contributed by atoms with Gasteiger partial charge in [0.05, 0.1) is 45.4 Å². The number of benzene rings is 2.